The Morgan fingerprint density at radius 1 is 1.13 bits per heavy atom. The molecule has 0 spiro atoms. The molecule has 4 aliphatic carbocycles. The van der Waals surface area contributed by atoms with E-state index in [1.807, 2.05) is 6.92 Å². The summed E-state index contributed by atoms with van der Waals surface area (Å²) in [5, 5.41) is 0. The summed E-state index contributed by atoms with van der Waals surface area (Å²) < 4.78 is 0. The summed E-state index contributed by atoms with van der Waals surface area (Å²) in [6.45, 7) is 6.79. The number of rotatable bonds is 1. The summed E-state index contributed by atoms with van der Waals surface area (Å²) in [5.41, 5.74) is 8.59. The first-order valence-corrected chi connectivity index (χ1v) is 9.82. The van der Waals surface area contributed by atoms with Crippen molar-refractivity contribution >= 4 is 5.78 Å². The number of fused-ring (bicyclic) bond motifs is 5. The van der Waals surface area contributed by atoms with Gasteiger partial charge >= 0.3 is 0 Å². The fourth-order valence-corrected chi connectivity index (χ4v) is 7.36. The molecule has 2 heteroatoms. The summed E-state index contributed by atoms with van der Waals surface area (Å²) in [6, 6.07) is 0.383. The molecular formula is C21H33NO. The van der Waals surface area contributed by atoms with Gasteiger partial charge in [0.15, 0.2) is 0 Å². The molecule has 3 saturated carbocycles. The number of Topliss-reactive ketones (excluding diaryl/α,β-unsaturated/α-hetero) is 1. The number of allylic oxidation sites excluding steroid dienone is 1. The summed E-state index contributed by atoms with van der Waals surface area (Å²) in [4.78, 5) is 12.2. The molecule has 2 N–H and O–H groups in total. The standard InChI is InChI=1S/C21H33NO/c1-13(23)17-6-7-18-16-5-4-14-12-15(22)8-10-20(14,2)19(16)9-11-21(17,18)3/h4,15-19H,5-12,22H2,1-3H3/t15-,16+,17+,18-,19+,20+,21-/m1/s1. The SMILES string of the molecule is CC(=O)[C@@H]1CC[C@@H]2[C@@H]3CC=C4C[C@H](N)CC[C@]4(C)[C@H]3CC[C@@]21C. The Bertz CT molecular complexity index is 552. The van der Waals surface area contributed by atoms with Crippen molar-refractivity contribution in [3.8, 4) is 0 Å². The molecule has 0 radical (unpaired) electrons. The van der Waals surface area contributed by atoms with E-state index in [4.69, 9.17) is 5.73 Å². The summed E-state index contributed by atoms with van der Waals surface area (Å²) >= 11 is 0. The highest BCUT2D eigenvalue weighted by Crippen LogP contribution is 2.66. The zero-order valence-corrected chi connectivity index (χ0v) is 15.1. The molecule has 2 nitrogen and oxygen atoms in total. The summed E-state index contributed by atoms with van der Waals surface area (Å²) in [7, 11) is 0. The lowest BCUT2D eigenvalue weighted by Gasteiger charge is -2.58. The molecule has 0 aromatic rings. The second kappa shape index (κ2) is 5.18. The van der Waals surface area contributed by atoms with Gasteiger partial charge in [0.05, 0.1) is 0 Å². The highest BCUT2D eigenvalue weighted by atomic mass is 16.1. The van der Waals surface area contributed by atoms with Gasteiger partial charge in [-0.2, -0.15) is 0 Å². The number of nitrogens with two attached hydrogens (primary N) is 1. The lowest BCUT2D eigenvalue weighted by molar-refractivity contribution is -0.127. The molecule has 3 fully saturated rings. The van der Waals surface area contributed by atoms with Crippen LogP contribution in [-0.2, 0) is 4.79 Å². The molecular weight excluding hydrogens is 282 g/mol. The molecule has 0 aromatic heterocycles. The van der Waals surface area contributed by atoms with Crippen molar-refractivity contribution in [1.29, 1.82) is 0 Å². The van der Waals surface area contributed by atoms with Crippen LogP contribution < -0.4 is 5.73 Å². The molecule has 0 heterocycles. The van der Waals surface area contributed by atoms with Crippen LogP contribution in [0.5, 0.6) is 0 Å². The lowest BCUT2D eigenvalue weighted by Crippen LogP contribution is -2.51. The first kappa shape index (κ1) is 15.9. The van der Waals surface area contributed by atoms with Crippen molar-refractivity contribution in [3.63, 3.8) is 0 Å². The van der Waals surface area contributed by atoms with Crippen LogP contribution in [0.2, 0.25) is 0 Å². The third-order valence-electron chi connectivity index (χ3n) is 8.63. The molecule has 23 heavy (non-hydrogen) atoms. The van der Waals surface area contributed by atoms with Gasteiger partial charge in [-0.3, -0.25) is 4.79 Å². The predicted molar refractivity (Wildman–Crippen MR) is 93.8 cm³/mol. The van der Waals surface area contributed by atoms with Crippen LogP contribution in [0.4, 0.5) is 0 Å². The van der Waals surface area contributed by atoms with Crippen molar-refractivity contribution in [2.45, 2.75) is 78.2 Å². The van der Waals surface area contributed by atoms with Crippen molar-refractivity contribution in [3.05, 3.63) is 11.6 Å². The van der Waals surface area contributed by atoms with E-state index >= 15 is 0 Å². The van der Waals surface area contributed by atoms with Gasteiger partial charge < -0.3 is 5.73 Å². The van der Waals surface area contributed by atoms with Crippen LogP contribution in [0.15, 0.2) is 11.6 Å². The molecule has 0 unspecified atom stereocenters. The Labute approximate surface area is 141 Å². The smallest absolute Gasteiger partial charge is 0.133 e. The van der Waals surface area contributed by atoms with Crippen molar-refractivity contribution in [2.75, 3.05) is 0 Å². The van der Waals surface area contributed by atoms with Crippen molar-refractivity contribution in [1.82, 2.24) is 0 Å². The molecule has 0 amide bonds. The highest BCUT2D eigenvalue weighted by molar-refractivity contribution is 5.79. The maximum Gasteiger partial charge on any atom is 0.133 e. The second-order valence-electron chi connectivity index (χ2n) is 9.55. The van der Waals surface area contributed by atoms with Crippen LogP contribution in [0, 0.1) is 34.5 Å². The molecule has 4 rings (SSSR count). The molecule has 0 aliphatic heterocycles. The number of hydrogen-bond acceptors (Lipinski definition) is 2. The minimum Gasteiger partial charge on any atom is -0.327 e. The largest absolute Gasteiger partial charge is 0.327 e. The third-order valence-corrected chi connectivity index (χ3v) is 8.63. The van der Waals surface area contributed by atoms with E-state index in [0.29, 0.717) is 23.2 Å². The van der Waals surface area contributed by atoms with Gasteiger partial charge in [0.25, 0.3) is 0 Å². The Morgan fingerprint density at radius 2 is 1.91 bits per heavy atom. The lowest BCUT2D eigenvalue weighted by atomic mass is 9.47. The van der Waals surface area contributed by atoms with E-state index in [2.05, 4.69) is 19.9 Å². The normalized spacial score (nSPS) is 52.2. The van der Waals surface area contributed by atoms with Gasteiger partial charge in [-0.25, -0.2) is 0 Å². The third kappa shape index (κ3) is 2.13. The van der Waals surface area contributed by atoms with Crippen LogP contribution in [0.25, 0.3) is 0 Å². The van der Waals surface area contributed by atoms with E-state index in [9.17, 15) is 4.79 Å². The maximum absolute atomic E-state index is 12.2. The summed E-state index contributed by atoms with van der Waals surface area (Å²) in [5.74, 6) is 3.17. The van der Waals surface area contributed by atoms with Crippen molar-refractivity contribution in [2.24, 2.45) is 40.2 Å². The van der Waals surface area contributed by atoms with Gasteiger partial charge in [0.1, 0.15) is 5.78 Å². The monoisotopic (exact) mass is 315 g/mol. The van der Waals surface area contributed by atoms with Gasteiger partial charge in [-0.05, 0) is 86.9 Å². The van der Waals surface area contributed by atoms with Crippen molar-refractivity contribution < 1.29 is 4.79 Å². The Balaban J connectivity index is 1.66. The molecule has 0 aromatic carbocycles. The average molecular weight is 316 g/mol. The minimum absolute atomic E-state index is 0.278. The van der Waals surface area contributed by atoms with Crippen LogP contribution in [-0.4, -0.2) is 11.8 Å². The minimum atomic E-state index is 0.278. The van der Waals surface area contributed by atoms with Gasteiger partial charge in [0, 0.05) is 12.0 Å². The zero-order chi connectivity index (χ0) is 16.4. The Hall–Kier alpha value is -0.630. The quantitative estimate of drug-likeness (QED) is 0.725. The zero-order valence-electron chi connectivity index (χ0n) is 15.1. The Kier molecular flexibility index (Phi) is 3.58. The molecule has 0 bridgehead atoms. The van der Waals surface area contributed by atoms with E-state index in [-0.39, 0.29) is 5.41 Å². The molecule has 7 atom stereocenters. The van der Waals surface area contributed by atoms with E-state index in [1.54, 1.807) is 5.57 Å². The molecule has 4 aliphatic rings. The first-order valence-electron chi connectivity index (χ1n) is 9.82. The topological polar surface area (TPSA) is 43.1 Å². The number of ketones is 1. The second-order valence-corrected chi connectivity index (χ2v) is 9.55. The van der Waals surface area contributed by atoms with E-state index in [0.717, 1.165) is 30.6 Å². The maximum atomic E-state index is 12.2. The van der Waals surface area contributed by atoms with Gasteiger partial charge in [-0.15, -0.1) is 0 Å². The summed E-state index contributed by atoms with van der Waals surface area (Å²) in [6.07, 6.45) is 12.4. The average Bonchev–Trinajstić information content (AvgIpc) is 2.85. The van der Waals surface area contributed by atoms with Gasteiger partial charge in [-0.1, -0.05) is 25.5 Å². The number of hydrogen-bond donors (Lipinski definition) is 1. The molecule has 128 valence electrons. The fourth-order valence-electron chi connectivity index (χ4n) is 7.36. The van der Waals surface area contributed by atoms with E-state index < -0.39 is 0 Å². The number of carbonyl (C=O) groups is 1. The Morgan fingerprint density at radius 3 is 2.65 bits per heavy atom. The van der Waals surface area contributed by atoms with Crippen LogP contribution >= 0.6 is 0 Å². The van der Waals surface area contributed by atoms with Crippen LogP contribution in [0.1, 0.15) is 72.1 Å². The number of carbonyl (C=O) groups excluding carboxylic acids is 1. The van der Waals surface area contributed by atoms with Gasteiger partial charge in [0.2, 0.25) is 0 Å². The first-order chi connectivity index (χ1) is 10.9. The molecule has 0 saturated heterocycles. The predicted octanol–water partition coefficient (Wildman–Crippen LogP) is 4.48. The highest BCUT2D eigenvalue weighted by Gasteiger charge is 2.59. The fraction of sp³-hybridized carbons (Fsp3) is 0.857. The van der Waals surface area contributed by atoms with Crippen LogP contribution in [0.3, 0.4) is 0 Å². The van der Waals surface area contributed by atoms with E-state index in [1.165, 1.54) is 38.5 Å².